The van der Waals surface area contributed by atoms with Crippen LogP contribution in [0.1, 0.15) is 35.2 Å². The molecule has 3 nitrogen and oxygen atoms in total. The molecule has 1 aromatic carbocycles. The van der Waals surface area contributed by atoms with Crippen molar-refractivity contribution >= 4 is 17.7 Å². The maximum absolute atomic E-state index is 12.7. The number of amides is 1. The number of thioether (sulfide) groups is 1. The second kappa shape index (κ2) is 7.99. The predicted molar refractivity (Wildman–Crippen MR) is 93.8 cm³/mol. The summed E-state index contributed by atoms with van der Waals surface area (Å²) in [6.07, 6.45) is -1.10. The molecular weight excluding hydrogens is 349 g/mol. The van der Waals surface area contributed by atoms with Gasteiger partial charge in [-0.25, -0.2) is 0 Å². The van der Waals surface area contributed by atoms with Crippen LogP contribution in [0.3, 0.4) is 0 Å². The second-order valence-corrected chi connectivity index (χ2v) is 7.94. The standard InChI is InChI=1S/C18H23F3N2OS/c19-18(20,21)15-3-1-2-14(10-15)17(24)22-11-13-4-7-23(8-5-13)16-6-9-25-12-16/h1-3,10,13,16H,4-9,11-12H2,(H,22,24)/t16-/m0/s1. The molecule has 2 saturated heterocycles. The van der Waals surface area contributed by atoms with Gasteiger partial charge in [0.05, 0.1) is 5.56 Å². The summed E-state index contributed by atoms with van der Waals surface area (Å²) in [5, 5.41) is 2.80. The lowest BCUT2D eigenvalue weighted by Gasteiger charge is -2.35. The Morgan fingerprint density at radius 2 is 2.00 bits per heavy atom. The largest absolute Gasteiger partial charge is 0.416 e. The minimum atomic E-state index is -4.43. The highest BCUT2D eigenvalue weighted by molar-refractivity contribution is 7.99. The number of benzene rings is 1. The van der Waals surface area contributed by atoms with Crippen molar-refractivity contribution in [3.8, 4) is 0 Å². The van der Waals surface area contributed by atoms with Gasteiger partial charge in [-0.3, -0.25) is 9.69 Å². The Kier molecular flexibility index (Phi) is 5.94. The summed E-state index contributed by atoms with van der Waals surface area (Å²) in [5.41, 5.74) is -0.724. The molecule has 0 spiro atoms. The van der Waals surface area contributed by atoms with Gasteiger partial charge in [0.2, 0.25) is 0 Å². The molecule has 138 valence electrons. The lowest BCUT2D eigenvalue weighted by molar-refractivity contribution is -0.137. The molecule has 2 aliphatic heterocycles. The minimum Gasteiger partial charge on any atom is -0.352 e. The molecule has 3 rings (SSSR count). The molecule has 0 aromatic heterocycles. The van der Waals surface area contributed by atoms with Gasteiger partial charge in [0.15, 0.2) is 0 Å². The van der Waals surface area contributed by atoms with Crippen LogP contribution in [0.5, 0.6) is 0 Å². The number of piperidine rings is 1. The van der Waals surface area contributed by atoms with E-state index in [-0.39, 0.29) is 5.56 Å². The maximum atomic E-state index is 12.7. The number of carbonyl (C=O) groups excluding carboxylic acids is 1. The van der Waals surface area contributed by atoms with Crippen LogP contribution in [0.2, 0.25) is 0 Å². The Hall–Kier alpha value is -1.21. The van der Waals surface area contributed by atoms with Gasteiger partial charge in [-0.15, -0.1) is 0 Å². The number of nitrogens with zero attached hydrogens (tertiary/aromatic N) is 1. The molecule has 2 heterocycles. The number of likely N-dealkylation sites (tertiary alicyclic amines) is 1. The van der Waals surface area contributed by atoms with Gasteiger partial charge in [-0.2, -0.15) is 24.9 Å². The molecular formula is C18H23F3N2OS. The third kappa shape index (κ3) is 4.91. The number of hydrogen-bond donors (Lipinski definition) is 1. The summed E-state index contributed by atoms with van der Waals surface area (Å²) < 4.78 is 38.2. The van der Waals surface area contributed by atoms with Gasteiger partial charge in [-0.05, 0) is 62.2 Å². The molecule has 1 N–H and O–H groups in total. The van der Waals surface area contributed by atoms with E-state index in [1.54, 1.807) is 0 Å². The van der Waals surface area contributed by atoms with Crippen LogP contribution in [-0.2, 0) is 6.18 Å². The summed E-state index contributed by atoms with van der Waals surface area (Å²) >= 11 is 2.01. The molecule has 25 heavy (non-hydrogen) atoms. The van der Waals surface area contributed by atoms with Crippen LogP contribution in [-0.4, -0.2) is 48.0 Å². The fourth-order valence-corrected chi connectivity index (χ4v) is 4.76. The highest BCUT2D eigenvalue weighted by Crippen LogP contribution is 2.30. The molecule has 0 saturated carbocycles. The highest BCUT2D eigenvalue weighted by Gasteiger charge is 2.31. The van der Waals surface area contributed by atoms with Gasteiger partial charge < -0.3 is 5.32 Å². The maximum Gasteiger partial charge on any atom is 0.416 e. The van der Waals surface area contributed by atoms with Crippen LogP contribution in [0.25, 0.3) is 0 Å². The Bertz CT molecular complexity index is 594. The molecule has 0 radical (unpaired) electrons. The Morgan fingerprint density at radius 1 is 1.24 bits per heavy atom. The molecule has 2 fully saturated rings. The predicted octanol–water partition coefficient (Wildman–Crippen LogP) is 3.65. The third-order valence-corrected chi connectivity index (χ3v) is 6.22. The SMILES string of the molecule is O=C(NCC1CCN([C@H]2CCSC2)CC1)c1cccc(C(F)(F)F)c1. The van der Waals surface area contributed by atoms with Crippen molar-refractivity contribution in [3.63, 3.8) is 0 Å². The first-order chi connectivity index (χ1) is 11.9. The van der Waals surface area contributed by atoms with E-state index in [0.29, 0.717) is 18.5 Å². The molecule has 0 aliphatic carbocycles. The summed E-state index contributed by atoms with van der Waals surface area (Å²) in [6.45, 7) is 2.63. The number of rotatable bonds is 4. The Labute approximate surface area is 150 Å². The number of hydrogen-bond acceptors (Lipinski definition) is 3. The van der Waals surface area contributed by atoms with E-state index in [0.717, 1.165) is 38.1 Å². The van der Waals surface area contributed by atoms with E-state index in [9.17, 15) is 18.0 Å². The molecule has 1 amide bonds. The second-order valence-electron chi connectivity index (χ2n) is 6.79. The van der Waals surface area contributed by atoms with Crippen molar-refractivity contribution in [2.75, 3.05) is 31.1 Å². The molecule has 2 aliphatic rings. The van der Waals surface area contributed by atoms with Crippen molar-refractivity contribution in [1.82, 2.24) is 10.2 Å². The van der Waals surface area contributed by atoms with Gasteiger partial charge in [0.1, 0.15) is 0 Å². The van der Waals surface area contributed by atoms with E-state index in [4.69, 9.17) is 0 Å². The average molecular weight is 372 g/mol. The number of halogens is 3. The van der Waals surface area contributed by atoms with Crippen LogP contribution in [0, 0.1) is 5.92 Å². The topological polar surface area (TPSA) is 32.3 Å². The normalized spacial score (nSPS) is 22.9. The lowest BCUT2D eigenvalue weighted by atomic mass is 9.95. The van der Waals surface area contributed by atoms with E-state index >= 15 is 0 Å². The summed E-state index contributed by atoms with van der Waals surface area (Å²) in [7, 11) is 0. The summed E-state index contributed by atoms with van der Waals surface area (Å²) in [6, 6.07) is 5.29. The first kappa shape index (κ1) is 18.6. The molecule has 0 bridgehead atoms. The van der Waals surface area contributed by atoms with Crippen molar-refractivity contribution in [3.05, 3.63) is 35.4 Å². The Balaban J connectivity index is 1.47. The quantitative estimate of drug-likeness (QED) is 0.876. The first-order valence-corrected chi connectivity index (χ1v) is 9.86. The van der Waals surface area contributed by atoms with Crippen LogP contribution in [0.4, 0.5) is 13.2 Å². The van der Waals surface area contributed by atoms with Gasteiger partial charge in [-0.1, -0.05) is 6.07 Å². The van der Waals surface area contributed by atoms with Gasteiger partial charge >= 0.3 is 6.18 Å². The zero-order valence-electron chi connectivity index (χ0n) is 14.0. The van der Waals surface area contributed by atoms with Gasteiger partial charge in [0, 0.05) is 23.9 Å². The molecule has 1 atom stereocenters. The lowest BCUT2D eigenvalue weighted by Crippen LogP contribution is -2.43. The van der Waals surface area contributed by atoms with Crippen LogP contribution >= 0.6 is 11.8 Å². The van der Waals surface area contributed by atoms with Crippen molar-refractivity contribution in [2.24, 2.45) is 5.92 Å². The molecule has 7 heteroatoms. The van der Waals surface area contributed by atoms with Crippen LogP contribution < -0.4 is 5.32 Å². The van der Waals surface area contributed by atoms with E-state index in [1.807, 2.05) is 11.8 Å². The minimum absolute atomic E-state index is 0.0650. The van der Waals surface area contributed by atoms with Gasteiger partial charge in [0.25, 0.3) is 5.91 Å². The zero-order chi connectivity index (χ0) is 17.9. The highest BCUT2D eigenvalue weighted by atomic mass is 32.2. The number of alkyl halides is 3. The number of carbonyl (C=O) groups is 1. The summed E-state index contributed by atoms with van der Waals surface area (Å²) in [4.78, 5) is 14.7. The van der Waals surface area contributed by atoms with Crippen molar-refractivity contribution < 1.29 is 18.0 Å². The Morgan fingerprint density at radius 3 is 2.64 bits per heavy atom. The summed E-state index contributed by atoms with van der Waals surface area (Å²) in [5.74, 6) is 2.44. The molecule has 1 aromatic rings. The first-order valence-electron chi connectivity index (χ1n) is 8.71. The fourth-order valence-electron chi connectivity index (χ4n) is 3.51. The number of nitrogens with one attached hydrogen (secondary N) is 1. The smallest absolute Gasteiger partial charge is 0.352 e. The van der Waals surface area contributed by atoms with E-state index < -0.39 is 17.6 Å². The van der Waals surface area contributed by atoms with Crippen LogP contribution in [0.15, 0.2) is 24.3 Å². The monoisotopic (exact) mass is 372 g/mol. The molecule has 0 unspecified atom stereocenters. The van der Waals surface area contributed by atoms with Crippen molar-refractivity contribution in [2.45, 2.75) is 31.5 Å². The van der Waals surface area contributed by atoms with E-state index in [1.165, 1.54) is 30.1 Å². The third-order valence-electron chi connectivity index (χ3n) is 5.07. The zero-order valence-corrected chi connectivity index (χ0v) is 14.8. The fraction of sp³-hybridized carbons (Fsp3) is 0.611. The van der Waals surface area contributed by atoms with Crippen molar-refractivity contribution in [1.29, 1.82) is 0 Å². The van der Waals surface area contributed by atoms with E-state index in [2.05, 4.69) is 10.2 Å². The average Bonchev–Trinajstić information content (AvgIpc) is 3.14.